The molecule has 0 radical (unpaired) electrons. The van der Waals surface area contributed by atoms with Gasteiger partial charge in [-0.25, -0.2) is 0 Å². The van der Waals surface area contributed by atoms with Crippen LogP contribution < -0.4 is 5.32 Å². The number of anilines is 1. The Morgan fingerprint density at radius 1 is 1.26 bits per heavy atom. The van der Waals surface area contributed by atoms with Gasteiger partial charge in [-0.2, -0.15) is 0 Å². The average Bonchev–Trinajstić information content (AvgIpc) is 2.92. The molecule has 0 aliphatic heterocycles. The molecule has 3 rings (SSSR count). The number of aromatic hydroxyl groups is 1. The second-order valence-corrected chi connectivity index (χ2v) is 10.2. The van der Waals surface area contributed by atoms with E-state index in [-0.39, 0.29) is 0 Å². The van der Waals surface area contributed by atoms with Gasteiger partial charge in [-0.05, 0) is 81.3 Å². The Balaban J connectivity index is 1.64. The highest BCUT2D eigenvalue weighted by atomic mass is 16.3. The number of rotatable bonds is 7. The van der Waals surface area contributed by atoms with Gasteiger partial charge in [-0.15, -0.1) is 0 Å². The Morgan fingerprint density at radius 3 is 2.74 bits per heavy atom. The van der Waals surface area contributed by atoms with E-state index in [1.165, 1.54) is 38.5 Å². The molecule has 27 heavy (non-hydrogen) atoms. The molecule has 3 heteroatoms. The summed E-state index contributed by atoms with van der Waals surface area (Å²) in [6, 6.07) is 8.08. The van der Waals surface area contributed by atoms with Gasteiger partial charge < -0.3 is 15.5 Å². The standard InChI is InChI=1S/C24H39NO2/c1-17(8-6-14-23(2,3)27)20-12-13-21-22(11-7-15-24(20,21)4)25-18-9-5-10-19(26)16-18/h5,9-10,16-17,20-22,25-27H,6-8,11-15H2,1-4H3/t17-,20-,21+,22+,24-/m1/s1. The summed E-state index contributed by atoms with van der Waals surface area (Å²) < 4.78 is 0. The summed E-state index contributed by atoms with van der Waals surface area (Å²) in [5, 5.41) is 23.5. The van der Waals surface area contributed by atoms with Crippen molar-refractivity contribution < 1.29 is 10.2 Å². The van der Waals surface area contributed by atoms with Crippen LogP contribution in [0.1, 0.15) is 79.1 Å². The van der Waals surface area contributed by atoms with Crippen molar-refractivity contribution in [1.82, 2.24) is 0 Å². The fourth-order valence-electron chi connectivity index (χ4n) is 6.20. The van der Waals surface area contributed by atoms with E-state index in [9.17, 15) is 10.2 Å². The number of phenols is 1. The van der Waals surface area contributed by atoms with Crippen molar-refractivity contribution in [2.75, 3.05) is 5.32 Å². The molecular weight excluding hydrogens is 334 g/mol. The molecule has 1 aromatic rings. The third kappa shape index (κ3) is 4.80. The molecule has 0 spiro atoms. The molecule has 2 aliphatic carbocycles. The fourth-order valence-corrected chi connectivity index (χ4v) is 6.20. The van der Waals surface area contributed by atoms with Crippen LogP contribution in [0.25, 0.3) is 0 Å². The predicted molar refractivity (Wildman–Crippen MR) is 113 cm³/mol. The molecular formula is C24H39NO2. The van der Waals surface area contributed by atoms with Gasteiger partial charge >= 0.3 is 0 Å². The van der Waals surface area contributed by atoms with E-state index in [0.717, 1.165) is 36.3 Å². The zero-order valence-electron chi connectivity index (χ0n) is 17.7. The van der Waals surface area contributed by atoms with Crippen molar-refractivity contribution >= 4 is 5.69 Å². The molecule has 0 bridgehead atoms. The van der Waals surface area contributed by atoms with Crippen molar-refractivity contribution in [2.24, 2.45) is 23.2 Å². The second-order valence-electron chi connectivity index (χ2n) is 10.2. The van der Waals surface area contributed by atoms with Crippen LogP contribution in [0.2, 0.25) is 0 Å². The van der Waals surface area contributed by atoms with Crippen LogP contribution in [0, 0.1) is 23.2 Å². The Morgan fingerprint density at radius 2 is 2.04 bits per heavy atom. The van der Waals surface area contributed by atoms with Crippen LogP contribution in [0.4, 0.5) is 5.69 Å². The largest absolute Gasteiger partial charge is 0.508 e. The van der Waals surface area contributed by atoms with Gasteiger partial charge in [-0.1, -0.05) is 39.2 Å². The van der Waals surface area contributed by atoms with E-state index < -0.39 is 5.60 Å². The third-order valence-corrected chi connectivity index (χ3v) is 7.53. The first-order valence-corrected chi connectivity index (χ1v) is 11.0. The number of phenolic OH excluding ortho intramolecular Hbond substituents is 1. The highest BCUT2D eigenvalue weighted by Crippen LogP contribution is 2.58. The van der Waals surface area contributed by atoms with Gasteiger partial charge in [0.1, 0.15) is 5.75 Å². The topological polar surface area (TPSA) is 52.5 Å². The Kier molecular flexibility index (Phi) is 6.10. The van der Waals surface area contributed by atoms with Crippen LogP contribution in [0.5, 0.6) is 5.75 Å². The van der Waals surface area contributed by atoms with E-state index in [4.69, 9.17) is 0 Å². The Bertz CT molecular complexity index is 623. The zero-order valence-corrected chi connectivity index (χ0v) is 17.7. The maximum Gasteiger partial charge on any atom is 0.117 e. The van der Waals surface area contributed by atoms with Crippen LogP contribution in [0.15, 0.2) is 24.3 Å². The number of nitrogens with one attached hydrogen (secondary N) is 1. The van der Waals surface area contributed by atoms with Gasteiger partial charge in [0, 0.05) is 17.8 Å². The minimum atomic E-state index is -0.539. The SMILES string of the molecule is C[C@H](CCCC(C)(C)O)[C@H]1CC[C@H]2[C@@H](Nc3cccc(O)c3)CCC[C@]12C. The minimum Gasteiger partial charge on any atom is -0.508 e. The highest BCUT2D eigenvalue weighted by Gasteiger charge is 2.52. The summed E-state index contributed by atoms with van der Waals surface area (Å²) in [4.78, 5) is 0. The molecule has 0 saturated heterocycles. The van der Waals surface area contributed by atoms with E-state index in [2.05, 4.69) is 25.2 Å². The molecule has 5 atom stereocenters. The number of hydrogen-bond donors (Lipinski definition) is 3. The predicted octanol–water partition coefficient (Wildman–Crippen LogP) is 5.97. The van der Waals surface area contributed by atoms with Crippen molar-refractivity contribution in [1.29, 1.82) is 0 Å². The van der Waals surface area contributed by atoms with Crippen LogP contribution in [0.3, 0.4) is 0 Å². The third-order valence-electron chi connectivity index (χ3n) is 7.53. The molecule has 2 saturated carbocycles. The maximum absolute atomic E-state index is 10.0. The molecule has 152 valence electrons. The lowest BCUT2D eigenvalue weighted by atomic mass is 9.60. The average molecular weight is 374 g/mol. The second kappa shape index (κ2) is 8.03. The van der Waals surface area contributed by atoms with Crippen molar-refractivity contribution in [3.8, 4) is 5.75 Å². The number of aliphatic hydroxyl groups is 1. The van der Waals surface area contributed by atoms with E-state index in [0.29, 0.717) is 17.2 Å². The molecule has 0 amide bonds. The molecule has 0 heterocycles. The Hall–Kier alpha value is -1.22. The van der Waals surface area contributed by atoms with Gasteiger partial charge in [0.05, 0.1) is 5.60 Å². The maximum atomic E-state index is 10.0. The smallest absolute Gasteiger partial charge is 0.117 e. The lowest BCUT2D eigenvalue weighted by Gasteiger charge is -2.47. The van der Waals surface area contributed by atoms with Crippen molar-refractivity contribution in [2.45, 2.75) is 90.7 Å². The van der Waals surface area contributed by atoms with Crippen LogP contribution in [-0.4, -0.2) is 21.9 Å². The monoisotopic (exact) mass is 373 g/mol. The lowest BCUT2D eigenvalue weighted by molar-refractivity contribution is 0.0483. The van der Waals surface area contributed by atoms with E-state index in [1.807, 2.05) is 26.0 Å². The molecule has 0 unspecified atom stereocenters. The molecule has 1 aromatic carbocycles. The highest BCUT2D eigenvalue weighted by molar-refractivity contribution is 5.48. The zero-order chi connectivity index (χ0) is 19.7. The summed E-state index contributed by atoms with van der Waals surface area (Å²) in [6.45, 7) is 8.82. The first-order valence-electron chi connectivity index (χ1n) is 11.0. The van der Waals surface area contributed by atoms with Gasteiger partial charge in [0.2, 0.25) is 0 Å². The molecule has 2 fully saturated rings. The van der Waals surface area contributed by atoms with Crippen molar-refractivity contribution in [3.63, 3.8) is 0 Å². The quantitative estimate of drug-likeness (QED) is 0.552. The minimum absolute atomic E-state index is 0.336. The number of hydrogen-bond acceptors (Lipinski definition) is 3. The number of benzene rings is 1. The van der Waals surface area contributed by atoms with Crippen LogP contribution in [-0.2, 0) is 0 Å². The normalized spacial score (nSPS) is 32.1. The first-order chi connectivity index (χ1) is 12.7. The van der Waals surface area contributed by atoms with Crippen LogP contribution >= 0.6 is 0 Å². The molecule has 2 aliphatic rings. The molecule has 3 N–H and O–H groups in total. The van der Waals surface area contributed by atoms with Gasteiger partial charge in [0.15, 0.2) is 0 Å². The summed E-state index contributed by atoms with van der Waals surface area (Å²) in [5.41, 5.74) is 0.926. The summed E-state index contributed by atoms with van der Waals surface area (Å²) in [7, 11) is 0. The van der Waals surface area contributed by atoms with Gasteiger partial charge in [0.25, 0.3) is 0 Å². The summed E-state index contributed by atoms with van der Waals surface area (Å²) >= 11 is 0. The first kappa shape index (κ1) is 20.5. The summed E-state index contributed by atoms with van der Waals surface area (Å²) in [5.74, 6) is 2.57. The fraction of sp³-hybridized carbons (Fsp3) is 0.750. The molecule has 0 aromatic heterocycles. The lowest BCUT2D eigenvalue weighted by Crippen LogP contribution is -2.44. The van der Waals surface area contributed by atoms with E-state index >= 15 is 0 Å². The Labute approximate surface area is 165 Å². The molecule has 3 nitrogen and oxygen atoms in total. The summed E-state index contributed by atoms with van der Waals surface area (Å²) in [6.07, 6.45) is 9.75. The van der Waals surface area contributed by atoms with Gasteiger partial charge in [-0.3, -0.25) is 0 Å². The van der Waals surface area contributed by atoms with Crippen molar-refractivity contribution in [3.05, 3.63) is 24.3 Å². The van der Waals surface area contributed by atoms with E-state index in [1.54, 1.807) is 6.07 Å². The number of fused-ring (bicyclic) bond motifs is 1.